The molecule has 0 unspecified atom stereocenters. The van der Waals surface area contributed by atoms with E-state index in [1.807, 2.05) is 29.1 Å². The Balaban J connectivity index is 1.89. The molecule has 2 aromatic heterocycles. The lowest BCUT2D eigenvalue weighted by molar-refractivity contribution is -0.0285. The van der Waals surface area contributed by atoms with Crippen molar-refractivity contribution in [3.05, 3.63) is 36.2 Å². The minimum atomic E-state index is 0.395. The van der Waals surface area contributed by atoms with Crippen molar-refractivity contribution in [2.24, 2.45) is 0 Å². The lowest BCUT2D eigenvalue weighted by Crippen LogP contribution is -2.30. The van der Waals surface area contributed by atoms with E-state index >= 15 is 0 Å². The van der Waals surface area contributed by atoms with Crippen LogP contribution in [-0.4, -0.2) is 28.0 Å². The summed E-state index contributed by atoms with van der Waals surface area (Å²) in [6.07, 6.45) is 2.01. The Hall–Kier alpha value is -1.68. The molecular formula is C14H17N3O. The zero-order valence-corrected chi connectivity index (χ0v) is 10.7. The van der Waals surface area contributed by atoms with Gasteiger partial charge in [-0.2, -0.15) is 5.10 Å². The van der Waals surface area contributed by atoms with Gasteiger partial charge in [-0.25, -0.2) is 0 Å². The van der Waals surface area contributed by atoms with E-state index in [2.05, 4.69) is 30.0 Å². The van der Waals surface area contributed by atoms with Crippen LogP contribution in [0.15, 0.2) is 30.5 Å². The van der Waals surface area contributed by atoms with Crippen molar-refractivity contribution in [3.8, 4) is 11.4 Å². The second kappa shape index (κ2) is 4.53. The van der Waals surface area contributed by atoms with Crippen molar-refractivity contribution in [1.29, 1.82) is 0 Å². The summed E-state index contributed by atoms with van der Waals surface area (Å²) in [6.45, 7) is 5.83. The van der Waals surface area contributed by atoms with Gasteiger partial charge in [0.15, 0.2) is 0 Å². The van der Waals surface area contributed by atoms with Crippen molar-refractivity contribution < 1.29 is 4.74 Å². The molecule has 3 rings (SSSR count). The Morgan fingerprint density at radius 1 is 1.22 bits per heavy atom. The highest BCUT2D eigenvalue weighted by Crippen LogP contribution is 2.21. The Labute approximate surface area is 107 Å². The van der Waals surface area contributed by atoms with E-state index in [1.165, 1.54) is 0 Å². The van der Waals surface area contributed by atoms with Gasteiger partial charge in [0.25, 0.3) is 0 Å². The maximum atomic E-state index is 5.18. The molecule has 0 aromatic carbocycles. The standard InChI is InChI=1S/C14H17N3O/c1-10(2)12-4-3-5-13(15-12)14-6-7-17(16-14)11-8-18-9-11/h3-7,10-11H,8-9H2,1-2H3. The van der Waals surface area contributed by atoms with Crippen molar-refractivity contribution in [3.63, 3.8) is 0 Å². The van der Waals surface area contributed by atoms with Crippen LogP contribution in [0.5, 0.6) is 0 Å². The maximum absolute atomic E-state index is 5.18. The molecule has 1 aliphatic heterocycles. The molecule has 0 atom stereocenters. The lowest BCUT2D eigenvalue weighted by atomic mass is 10.1. The van der Waals surface area contributed by atoms with Crippen LogP contribution < -0.4 is 0 Å². The van der Waals surface area contributed by atoms with Gasteiger partial charge < -0.3 is 4.74 Å². The topological polar surface area (TPSA) is 39.9 Å². The molecule has 94 valence electrons. The van der Waals surface area contributed by atoms with Gasteiger partial charge in [0.05, 0.1) is 24.9 Å². The fourth-order valence-electron chi connectivity index (χ4n) is 1.97. The Kier molecular flexibility index (Phi) is 2.88. The van der Waals surface area contributed by atoms with Crippen LogP contribution in [-0.2, 0) is 4.74 Å². The normalized spacial score (nSPS) is 15.9. The van der Waals surface area contributed by atoms with Crippen molar-refractivity contribution in [2.45, 2.75) is 25.8 Å². The fourth-order valence-corrected chi connectivity index (χ4v) is 1.97. The molecule has 3 heterocycles. The van der Waals surface area contributed by atoms with E-state index in [0.29, 0.717) is 12.0 Å². The van der Waals surface area contributed by atoms with Gasteiger partial charge in [-0.3, -0.25) is 9.67 Å². The average molecular weight is 243 g/mol. The molecule has 4 nitrogen and oxygen atoms in total. The molecular weight excluding hydrogens is 226 g/mol. The smallest absolute Gasteiger partial charge is 0.111 e. The molecule has 0 saturated carbocycles. The van der Waals surface area contributed by atoms with E-state index in [4.69, 9.17) is 4.74 Å². The summed E-state index contributed by atoms with van der Waals surface area (Å²) in [7, 11) is 0. The summed E-state index contributed by atoms with van der Waals surface area (Å²) in [6, 6.07) is 8.53. The molecule has 0 spiro atoms. The molecule has 0 amide bonds. The minimum absolute atomic E-state index is 0.395. The second-order valence-electron chi connectivity index (χ2n) is 4.97. The second-order valence-corrected chi connectivity index (χ2v) is 4.97. The Morgan fingerprint density at radius 3 is 2.72 bits per heavy atom. The number of nitrogens with zero attached hydrogens (tertiary/aromatic N) is 3. The number of hydrogen-bond acceptors (Lipinski definition) is 3. The van der Waals surface area contributed by atoms with E-state index in [1.54, 1.807) is 0 Å². The molecule has 2 aromatic rings. The van der Waals surface area contributed by atoms with Crippen molar-refractivity contribution in [1.82, 2.24) is 14.8 Å². The summed E-state index contributed by atoms with van der Waals surface area (Å²) in [5.41, 5.74) is 2.98. The van der Waals surface area contributed by atoms with Crippen LogP contribution in [0, 0.1) is 0 Å². The first kappa shape index (κ1) is 11.4. The van der Waals surface area contributed by atoms with Gasteiger partial charge in [0.1, 0.15) is 5.69 Å². The van der Waals surface area contributed by atoms with Crippen LogP contribution >= 0.6 is 0 Å². The number of rotatable bonds is 3. The van der Waals surface area contributed by atoms with Crippen molar-refractivity contribution in [2.75, 3.05) is 13.2 Å². The monoisotopic (exact) mass is 243 g/mol. The highest BCUT2D eigenvalue weighted by atomic mass is 16.5. The van der Waals surface area contributed by atoms with Gasteiger partial charge in [0.2, 0.25) is 0 Å². The zero-order valence-electron chi connectivity index (χ0n) is 10.7. The van der Waals surface area contributed by atoms with Crippen LogP contribution in [0.1, 0.15) is 31.5 Å². The summed E-state index contributed by atoms with van der Waals surface area (Å²) in [5.74, 6) is 0.437. The molecule has 1 saturated heterocycles. The van der Waals surface area contributed by atoms with Crippen molar-refractivity contribution >= 4 is 0 Å². The number of pyridine rings is 1. The highest BCUT2D eigenvalue weighted by molar-refractivity contribution is 5.53. The van der Waals surface area contributed by atoms with E-state index in [-0.39, 0.29) is 0 Å². The van der Waals surface area contributed by atoms with Crippen LogP contribution in [0.3, 0.4) is 0 Å². The van der Waals surface area contributed by atoms with Gasteiger partial charge in [0, 0.05) is 11.9 Å². The summed E-state index contributed by atoms with van der Waals surface area (Å²) < 4.78 is 7.15. The molecule has 1 aliphatic rings. The highest BCUT2D eigenvalue weighted by Gasteiger charge is 2.21. The molecule has 0 aliphatic carbocycles. The quantitative estimate of drug-likeness (QED) is 0.832. The Bertz CT molecular complexity index is 543. The summed E-state index contributed by atoms with van der Waals surface area (Å²) >= 11 is 0. The van der Waals surface area contributed by atoms with Crippen LogP contribution in [0.4, 0.5) is 0 Å². The molecule has 18 heavy (non-hydrogen) atoms. The summed E-state index contributed by atoms with van der Waals surface area (Å²) in [4.78, 5) is 4.65. The van der Waals surface area contributed by atoms with E-state index in [9.17, 15) is 0 Å². The fraction of sp³-hybridized carbons (Fsp3) is 0.429. The molecule has 1 fully saturated rings. The van der Waals surface area contributed by atoms with Crippen LogP contribution in [0.2, 0.25) is 0 Å². The average Bonchev–Trinajstić information content (AvgIpc) is 2.76. The lowest BCUT2D eigenvalue weighted by Gasteiger charge is -2.25. The van der Waals surface area contributed by atoms with Crippen LogP contribution in [0.25, 0.3) is 11.4 Å². The predicted octanol–water partition coefficient (Wildman–Crippen LogP) is 2.64. The number of ether oxygens (including phenoxy) is 1. The predicted molar refractivity (Wildman–Crippen MR) is 69.4 cm³/mol. The number of aromatic nitrogens is 3. The Morgan fingerprint density at radius 2 is 2.06 bits per heavy atom. The molecule has 0 N–H and O–H groups in total. The van der Waals surface area contributed by atoms with Gasteiger partial charge in [-0.1, -0.05) is 19.9 Å². The summed E-state index contributed by atoms with van der Waals surface area (Å²) in [5, 5.41) is 4.58. The first-order valence-electron chi connectivity index (χ1n) is 6.34. The first-order chi connectivity index (χ1) is 8.74. The minimum Gasteiger partial charge on any atom is -0.377 e. The zero-order chi connectivity index (χ0) is 12.5. The molecule has 4 heteroatoms. The third kappa shape index (κ3) is 2.04. The van der Waals surface area contributed by atoms with Gasteiger partial charge in [-0.05, 0) is 24.1 Å². The van der Waals surface area contributed by atoms with E-state index < -0.39 is 0 Å². The SMILES string of the molecule is CC(C)c1cccc(-c2ccn(C3COC3)n2)n1. The largest absolute Gasteiger partial charge is 0.377 e. The third-order valence-corrected chi connectivity index (χ3v) is 3.23. The van der Waals surface area contributed by atoms with E-state index in [0.717, 1.165) is 30.3 Å². The maximum Gasteiger partial charge on any atom is 0.111 e. The molecule has 0 bridgehead atoms. The molecule has 0 radical (unpaired) electrons. The number of hydrogen-bond donors (Lipinski definition) is 0. The third-order valence-electron chi connectivity index (χ3n) is 3.23. The first-order valence-corrected chi connectivity index (χ1v) is 6.34. The van der Waals surface area contributed by atoms with Gasteiger partial charge >= 0.3 is 0 Å². The van der Waals surface area contributed by atoms with Gasteiger partial charge in [-0.15, -0.1) is 0 Å².